The zero-order valence-electron chi connectivity index (χ0n) is 10.4. The molecule has 6 heteroatoms. The summed E-state index contributed by atoms with van der Waals surface area (Å²) in [4.78, 5) is 4.21. The highest BCUT2D eigenvalue weighted by molar-refractivity contribution is 9.10. The molecule has 1 aromatic heterocycles. The Morgan fingerprint density at radius 3 is 3.26 bits per heavy atom. The standard InChI is InChI=1S/C13H15BrN4O/c14-10-1-3-12(19)9(5-10)6-15-11-2-4-13-16-8-17-18(13)7-11/h1,3,5,8,11,15,19H,2,4,6-7H2/t11-/m0/s1. The first kappa shape index (κ1) is 12.6. The van der Waals surface area contributed by atoms with E-state index in [0.717, 1.165) is 35.2 Å². The van der Waals surface area contributed by atoms with Crippen LogP contribution in [-0.2, 0) is 19.5 Å². The zero-order valence-corrected chi connectivity index (χ0v) is 12.0. The summed E-state index contributed by atoms with van der Waals surface area (Å²) in [6, 6.07) is 5.84. The molecule has 1 aliphatic rings. The Bertz CT molecular complexity index is 584. The van der Waals surface area contributed by atoms with Crippen molar-refractivity contribution in [1.29, 1.82) is 0 Å². The molecule has 3 rings (SSSR count). The van der Waals surface area contributed by atoms with Gasteiger partial charge in [0.25, 0.3) is 0 Å². The molecular weight excluding hydrogens is 308 g/mol. The van der Waals surface area contributed by atoms with Gasteiger partial charge < -0.3 is 10.4 Å². The maximum absolute atomic E-state index is 9.80. The van der Waals surface area contributed by atoms with Gasteiger partial charge in [-0.2, -0.15) is 5.10 Å². The summed E-state index contributed by atoms with van der Waals surface area (Å²) in [5, 5.41) is 17.5. The summed E-state index contributed by atoms with van der Waals surface area (Å²) in [6.07, 6.45) is 3.60. The number of phenolic OH excluding ortho intramolecular Hbond substituents is 1. The fourth-order valence-corrected chi connectivity index (χ4v) is 2.76. The molecule has 2 heterocycles. The van der Waals surface area contributed by atoms with E-state index in [9.17, 15) is 5.11 Å². The second kappa shape index (κ2) is 5.30. The Balaban J connectivity index is 1.63. The van der Waals surface area contributed by atoms with Crippen molar-refractivity contribution in [3.05, 3.63) is 40.4 Å². The van der Waals surface area contributed by atoms with Crippen molar-refractivity contribution in [1.82, 2.24) is 20.1 Å². The van der Waals surface area contributed by atoms with E-state index >= 15 is 0 Å². The summed E-state index contributed by atoms with van der Waals surface area (Å²) in [6.45, 7) is 1.49. The van der Waals surface area contributed by atoms with Gasteiger partial charge in [0.15, 0.2) is 0 Å². The van der Waals surface area contributed by atoms with Crippen LogP contribution in [0.3, 0.4) is 0 Å². The highest BCUT2D eigenvalue weighted by Crippen LogP contribution is 2.22. The third-order valence-corrected chi connectivity index (χ3v) is 3.92. The van der Waals surface area contributed by atoms with Crippen LogP contribution in [0.1, 0.15) is 17.8 Å². The van der Waals surface area contributed by atoms with Crippen LogP contribution in [0.4, 0.5) is 0 Å². The molecule has 0 saturated heterocycles. The van der Waals surface area contributed by atoms with Gasteiger partial charge in [0, 0.05) is 29.0 Å². The van der Waals surface area contributed by atoms with Crippen LogP contribution < -0.4 is 5.32 Å². The predicted molar refractivity (Wildman–Crippen MR) is 74.8 cm³/mol. The van der Waals surface area contributed by atoms with Crippen LogP contribution in [0.15, 0.2) is 29.0 Å². The van der Waals surface area contributed by atoms with Gasteiger partial charge in [-0.3, -0.25) is 0 Å². The minimum absolute atomic E-state index is 0.327. The number of fused-ring (bicyclic) bond motifs is 1. The first-order valence-corrected chi connectivity index (χ1v) is 7.09. The molecule has 0 unspecified atom stereocenters. The van der Waals surface area contributed by atoms with Gasteiger partial charge >= 0.3 is 0 Å². The van der Waals surface area contributed by atoms with Crippen LogP contribution in [0.5, 0.6) is 5.75 Å². The Kier molecular flexibility index (Phi) is 3.52. The topological polar surface area (TPSA) is 63.0 Å². The molecule has 0 aliphatic carbocycles. The number of aryl methyl sites for hydroxylation is 1. The number of rotatable bonds is 3. The molecule has 100 valence electrons. The lowest BCUT2D eigenvalue weighted by atomic mass is 10.1. The average molecular weight is 323 g/mol. The zero-order chi connectivity index (χ0) is 13.2. The summed E-state index contributed by atoms with van der Waals surface area (Å²) < 4.78 is 2.92. The third kappa shape index (κ3) is 2.79. The Hall–Kier alpha value is -1.40. The normalized spacial score (nSPS) is 18.3. The van der Waals surface area contributed by atoms with E-state index in [1.165, 1.54) is 0 Å². The summed E-state index contributed by atoms with van der Waals surface area (Å²) in [5.74, 6) is 1.39. The smallest absolute Gasteiger partial charge is 0.138 e. The number of hydrogen-bond acceptors (Lipinski definition) is 4. The third-order valence-electron chi connectivity index (χ3n) is 3.43. The van der Waals surface area contributed by atoms with Crippen molar-refractivity contribution in [3.63, 3.8) is 0 Å². The first-order chi connectivity index (χ1) is 9.22. The second-order valence-electron chi connectivity index (χ2n) is 4.75. The van der Waals surface area contributed by atoms with Gasteiger partial charge in [0.2, 0.25) is 0 Å². The Morgan fingerprint density at radius 1 is 1.47 bits per heavy atom. The number of aromatic hydroxyl groups is 1. The largest absolute Gasteiger partial charge is 0.508 e. The molecule has 1 aromatic carbocycles. The van der Waals surface area contributed by atoms with Crippen LogP contribution in [0.2, 0.25) is 0 Å². The van der Waals surface area contributed by atoms with Gasteiger partial charge in [0.1, 0.15) is 17.9 Å². The van der Waals surface area contributed by atoms with Gasteiger partial charge in [0.05, 0.1) is 6.54 Å². The van der Waals surface area contributed by atoms with Gasteiger partial charge in [-0.05, 0) is 24.6 Å². The van der Waals surface area contributed by atoms with Gasteiger partial charge in [-0.1, -0.05) is 15.9 Å². The first-order valence-electron chi connectivity index (χ1n) is 6.30. The molecule has 1 atom stereocenters. The molecule has 5 nitrogen and oxygen atoms in total. The monoisotopic (exact) mass is 322 g/mol. The maximum Gasteiger partial charge on any atom is 0.138 e. The van der Waals surface area contributed by atoms with E-state index in [0.29, 0.717) is 18.3 Å². The fourth-order valence-electron chi connectivity index (χ4n) is 2.35. The SMILES string of the molecule is Oc1ccc(Br)cc1CN[C@H]1CCc2ncnn2C1. The number of halogens is 1. The lowest BCUT2D eigenvalue weighted by Crippen LogP contribution is -2.37. The van der Waals surface area contributed by atoms with Crippen molar-refractivity contribution in [3.8, 4) is 5.75 Å². The van der Waals surface area contributed by atoms with Crippen molar-refractivity contribution in [2.75, 3.05) is 0 Å². The highest BCUT2D eigenvalue weighted by atomic mass is 79.9. The van der Waals surface area contributed by atoms with Crippen LogP contribution >= 0.6 is 15.9 Å². The predicted octanol–water partition coefficient (Wildman–Crippen LogP) is 1.85. The quantitative estimate of drug-likeness (QED) is 0.905. The Labute approximate surface area is 119 Å². The number of nitrogens with zero attached hydrogens (tertiary/aromatic N) is 3. The average Bonchev–Trinajstić information content (AvgIpc) is 2.87. The molecular formula is C13H15BrN4O. The van der Waals surface area contributed by atoms with E-state index in [-0.39, 0.29) is 0 Å². The lowest BCUT2D eigenvalue weighted by Gasteiger charge is -2.23. The number of hydrogen-bond donors (Lipinski definition) is 2. The van der Waals surface area contributed by atoms with E-state index in [1.54, 1.807) is 12.4 Å². The Morgan fingerprint density at radius 2 is 2.37 bits per heavy atom. The molecule has 0 saturated carbocycles. The number of phenols is 1. The minimum Gasteiger partial charge on any atom is -0.508 e. The summed E-state index contributed by atoms with van der Waals surface area (Å²) in [7, 11) is 0. The number of nitrogens with one attached hydrogen (secondary N) is 1. The molecule has 0 fully saturated rings. The fraction of sp³-hybridized carbons (Fsp3) is 0.385. The van der Waals surface area contributed by atoms with Crippen molar-refractivity contribution < 1.29 is 5.11 Å². The van der Waals surface area contributed by atoms with E-state index < -0.39 is 0 Å². The van der Waals surface area contributed by atoms with Crippen molar-refractivity contribution in [2.45, 2.75) is 32.0 Å². The molecule has 2 N–H and O–H groups in total. The van der Waals surface area contributed by atoms with E-state index in [4.69, 9.17) is 0 Å². The summed E-state index contributed by atoms with van der Waals surface area (Å²) in [5.41, 5.74) is 0.902. The lowest BCUT2D eigenvalue weighted by molar-refractivity contribution is 0.355. The number of benzene rings is 1. The van der Waals surface area contributed by atoms with Gasteiger partial charge in [-0.15, -0.1) is 0 Å². The van der Waals surface area contributed by atoms with Crippen LogP contribution in [0.25, 0.3) is 0 Å². The van der Waals surface area contributed by atoms with Crippen LogP contribution in [-0.4, -0.2) is 25.9 Å². The molecule has 0 spiro atoms. The van der Waals surface area contributed by atoms with Gasteiger partial charge in [-0.25, -0.2) is 9.67 Å². The molecule has 0 bridgehead atoms. The van der Waals surface area contributed by atoms with Crippen molar-refractivity contribution in [2.24, 2.45) is 0 Å². The summed E-state index contributed by atoms with van der Waals surface area (Å²) >= 11 is 3.42. The molecule has 2 aromatic rings. The van der Waals surface area contributed by atoms with Crippen LogP contribution in [0, 0.1) is 0 Å². The second-order valence-corrected chi connectivity index (χ2v) is 5.66. The van der Waals surface area contributed by atoms with E-state index in [2.05, 4.69) is 31.3 Å². The highest BCUT2D eigenvalue weighted by Gasteiger charge is 2.19. The minimum atomic E-state index is 0.327. The maximum atomic E-state index is 9.80. The van der Waals surface area contributed by atoms with Crippen molar-refractivity contribution >= 4 is 15.9 Å². The number of aromatic nitrogens is 3. The molecule has 0 amide bonds. The molecule has 0 radical (unpaired) electrons. The molecule has 1 aliphatic heterocycles. The van der Waals surface area contributed by atoms with E-state index in [1.807, 2.05) is 16.8 Å². The molecule has 19 heavy (non-hydrogen) atoms.